The van der Waals surface area contributed by atoms with E-state index in [1.165, 1.54) is 0 Å². The number of nitrogens with two attached hydrogens (primary N) is 1. The van der Waals surface area contributed by atoms with Crippen LogP contribution in [-0.4, -0.2) is 37.1 Å². The van der Waals surface area contributed by atoms with Gasteiger partial charge in [0.1, 0.15) is 0 Å². The van der Waals surface area contributed by atoms with Gasteiger partial charge in [-0.25, -0.2) is 14.3 Å². The van der Waals surface area contributed by atoms with Crippen molar-refractivity contribution in [3.05, 3.63) is 95.3 Å². The van der Waals surface area contributed by atoms with Gasteiger partial charge in [0, 0.05) is 6.54 Å². The van der Waals surface area contributed by atoms with Crippen LogP contribution in [0.2, 0.25) is 0 Å². The standard InChI is InChI=1S/C24H20N4O4/c25-12-21-14-28(27-26-21)13-20-11-19(15-1-5-17(6-2-15)23(29)30)9-10-22(20)16-3-7-18(8-4-16)24(31)32/h1-11,14H,12-13,25H2,(H,29,30)(H,31,32). The molecule has 8 heteroatoms. The van der Waals surface area contributed by atoms with Crippen LogP contribution in [0.5, 0.6) is 0 Å². The molecule has 0 aliphatic rings. The summed E-state index contributed by atoms with van der Waals surface area (Å²) in [6, 6.07) is 19.3. The highest BCUT2D eigenvalue weighted by Gasteiger charge is 2.12. The summed E-state index contributed by atoms with van der Waals surface area (Å²) >= 11 is 0. The number of rotatable bonds is 7. The molecule has 8 nitrogen and oxygen atoms in total. The molecule has 4 N–H and O–H groups in total. The lowest BCUT2D eigenvalue weighted by Crippen LogP contribution is -2.03. The first kappa shape index (κ1) is 21.0. The molecule has 0 bridgehead atoms. The molecule has 0 aliphatic carbocycles. The number of benzene rings is 3. The van der Waals surface area contributed by atoms with Gasteiger partial charge in [-0.3, -0.25) is 0 Å². The molecule has 0 atom stereocenters. The lowest BCUT2D eigenvalue weighted by atomic mass is 9.94. The number of aromatic nitrogens is 3. The Kier molecular flexibility index (Phi) is 5.78. The normalized spacial score (nSPS) is 10.8. The molecule has 0 amide bonds. The smallest absolute Gasteiger partial charge is 0.335 e. The van der Waals surface area contributed by atoms with E-state index in [-0.39, 0.29) is 11.1 Å². The number of aromatic carboxylic acids is 2. The molecule has 32 heavy (non-hydrogen) atoms. The van der Waals surface area contributed by atoms with Crippen LogP contribution in [0.15, 0.2) is 72.9 Å². The van der Waals surface area contributed by atoms with E-state index in [4.69, 9.17) is 10.8 Å². The zero-order valence-corrected chi connectivity index (χ0v) is 17.0. The Morgan fingerprint density at radius 1 is 0.812 bits per heavy atom. The highest BCUT2D eigenvalue weighted by molar-refractivity contribution is 5.89. The Hall–Kier alpha value is -4.30. The summed E-state index contributed by atoms with van der Waals surface area (Å²) in [5, 5.41) is 26.5. The summed E-state index contributed by atoms with van der Waals surface area (Å²) < 4.78 is 1.70. The zero-order valence-electron chi connectivity index (χ0n) is 17.0. The minimum atomic E-state index is -0.978. The highest BCUT2D eigenvalue weighted by atomic mass is 16.4. The molecular formula is C24H20N4O4. The molecule has 160 valence electrons. The quantitative estimate of drug-likeness (QED) is 0.410. The average molecular weight is 428 g/mol. The number of nitrogens with zero attached hydrogens (tertiary/aromatic N) is 3. The maximum Gasteiger partial charge on any atom is 0.335 e. The van der Waals surface area contributed by atoms with E-state index in [1.807, 2.05) is 18.2 Å². The predicted molar refractivity (Wildman–Crippen MR) is 118 cm³/mol. The van der Waals surface area contributed by atoms with E-state index in [0.29, 0.717) is 18.8 Å². The van der Waals surface area contributed by atoms with Crippen LogP contribution in [0.3, 0.4) is 0 Å². The van der Waals surface area contributed by atoms with Crippen LogP contribution in [0.25, 0.3) is 22.3 Å². The van der Waals surface area contributed by atoms with E-state index in [2.05, 4.69) is 10.3 Å². The van der Waals surface area contributed by atoms with E-state index in [0.717, 1.165) is 27.8 Å². The number of carboxylic acid groups (broad SMARTS) is 2. The van der Waals surface area contributed by atoms with Gasteiger partial charge in [-0.05, 0) is 58.1 Å². The Bertz CT molecular complexity index is 1280. The number of carbonyl (C=O) groups is 2. The van der Waals surface area contributed by atoms with Crippen molar-refractivity contribution >= 4 is 11.9 Å². The summed E-state index contributed by atoms with van der Waals surface area (Å²) in [5.74, 6) is -1.95. The molecule has 4 rings (SSSR count). The van der Waals surface area contributed by atoms with Gasteiger partial charge in [0.15, 0.2) is 0 Å². The summed E-state index contributed by atoms with van der Waals surface area (Å²) in [5.41, 5.74) is 11.3. The minimum Gasteiger partial charge on any atom is -0.478 e. The van der Waals surface area contributed by atoms with Gasteiger partial charge in [-0.2, -0.15) is 0 Å². The molecule has 0 fully saturated rings. The lowest BCUT2D eigenvalue weighted by molar-refractivity contribution is 0.0686. The topological polar surface area (TPSA) is 131 Å². The fourth-order valence-electron chi connectivity index (χ4n) is 3.47. The second-order valence-corrected chi connectivity index (χ2v) is 7.25. The molecule has 0 saturated carbocycles. The third kappa shape index (κ3) is 4.40. The summed E-state index contributed by atoms with van der Waals surface area (Å²) in [4.78, 5) is 22.3. The number of hydrogen-bond donors (Lipinski definition) is 3. The van der Waals surface area contributed by atoms with Crippen LogP contribution in [0.1, 0.15) is 32.0 Å². The minimum absolute atomic E-state index is 0.217. The van der Waals surface area contributed by atoms with Crippen molar-refractivity contribution in [2.75, 3.05) is 0 Å². The van der Waals surface area contributed by atoms with Gasteiger partial charge in [0.05, 0.1) is 29.6 Å². The maximum atomic E-state index is 11.2. The predicted octanol–water partition coefficient (Wildman–Crippen LogP) is 3.52. The monoisotopic (exact) mass is 428 g/mol. The van der Waals surface area contributed by atoms with E-state index >= 15 is 0 Å². The Labute approximate surface area is 183 Å². The second-order valence-electron chi connectivity index (χ2n) is 7.25. The second kappa shape index (κ2) is 8.83. The summed E-state index contributed by atoms with van der Waals surface area (Å²) in [6.45, 7) is 0.726. The molecule has 3 aromatic carbocycles. The molecule has 0 spiro atoms. The van der Waals surface area contributed by atoms with Crippen molar-refractivity contribution in [1.29, 1.82) is 0 Å². The van der Waals surface area contributed by atoms with E-state index in [1.54, 1.807) is 59.4 Å². The summed E-state index contributed by atoms with van der Waals surface area (Å²) in [7, 11) is 0. The first-order valence-corrected chi connectivity index (χ1v) is 9.84. The molecule has 1 heterocycles. The van der Waals surface area contributed by atoms with Crippen molar-refractivity contribution in [1.82, 2.24) is 15.0 Å². The van der Waals surface area contributed by atoms with Crippen molar-refractivity contribution in [3.8, 4) is 22.3 Å². The van der Waals surface area contributed by atoms with Crippen molar-refractivity contribution in [2.24, 2.45) is 5.73 Å². The van der Waals surface area contributed by atoms with E-state index in [9.17, 15) is 14.7 Å². The highest BCUT2D eigenvalue weighted by Crippen LogP contribution is 2.30. The number of hydrogen-bond acceptors (Lipinski definition) is 5. The summed E-state index contributed by atoms with van der Waals surface area (Å²) in [6.07, 6.45) is 1.78. The largest absolute Gasteiger partial charge is 0.478 e. The first-order chi connectivity index (χ1) is 15.4. The molecule has 0 saturated heterocycles. The maximum absolute atomic E-state index is 11.2. The fourth-order valence-corrected chi connectivity index (χ4v) is 3.47. The third-order valence-electron chi connectivity index (χ3n) is 5.14. The molecule has 0 unspecified atom stereocenters. The number of carboxylic acids is 2. The Morgan fingerprint density at radius 3 is 1.91 bits per heavy atom. The Morgan fingerprint density at radius 2 is 1.38 bits per heavy atom. The lowest BCUT2D eigenvalue weighted by Gasteiger charge is -2.13. The molecule has 0 aliphatic heterocycles. The van der Waals surface area contributed by atoms with Crippen LogP contribution in [0, 0.1) is 0 Å². The zero-order chi connectivity index (χ0) is 22.7. The average Bonchev–Trinajstić information content (AvgIpc) is 3.27. The first-order valence-electron chi connectivity index (χ1n) is 9.84. The van der Waals surface area contributed by atoms with Gasteiger partial charge in [0.2, 0.25) is 0 Å². The van der Waals surface area contributed by atoms with Gasteiger partial charge in [0.25, 0.3) is 0 Å². The van der Waals surface area contributed by atoms with E-state index < -0.39 is 11.9 Å². The molecular weight excluding hydrogens is 408 g/mol. The van der Waals surface area contributed by atoms with Crippen LogP contribution >= 0.6 is 0 Å². The Balaban J connectivity index is 1.76. The molecule has 0 radical (unpaired) electrons. The third-order valence-corrected chi connectivity index (χ3v) is 5.14. The van der Waals surface area contributed by atoms with Crippen LogP contribution in [-0.2, 0) is 13.1 Å². The van der Waals surface area contributed by atoms with Crippen LogP contribution < -0.4 is 5.73 Å². The van der Waals surface area contributed by atoms with Crippen LogP contribution in [0.4, 0.5) is 0 Å². The SMILES string of the molecule is NCc1cn(Cc2cc(-c3ccc(C(=O)O)cc3)ccc2-c2ccc(C(=O)O)cc2)nn1. The van der Waals surface area contributed by atoms with Gasteiger partial charge in [-0.15, -0.1) is 5.10 Å². The van der Waals surface area contributed by atoms with Gasteiger partial charge in [-0.1, -0.05) is 41.6 Å². The molecule has 4 aromatic rings. The van der Waals surface area contributed by atoms with Crippen molar-refractivity contribution in [3.63, 3.8) is 0 Å². The van der Waals surface area contributed by atoms with Crippen molar-refractivity contribution in [2.45, 2.75) is 13.1 Å². The molecule has 1 aromatic heterocycles. The van der Waals surface area contributed by atoms with Crippen molar-refractivity contribution < 1.29 is 19.8 Å². The fraction of sp³-hybridized carbons (Fsp3) is 0.0833. The van der Waals surface area contributed by atoms with Gasteiger partial charge >= 0.3 is 11.9 Å². The van der Waals surface area contributed by atoms with Gasteiger partial charge < -0.3 is 15.9 Å².